The molecule has 1 amide bonds. The molecule has 0 aliphatic heterocycles. The number of aromatic nitrogens is 2. The minimum absolute atomic E-state index is 0. The molecule has 212 valence electrons. The molecule has 2 aromatic rings. The van der Waals surface area contributed by atoms with Crippen LogP contribution in [-0.2, 0) is 41.1 Å². The van der Waals surface area contributed by atoms with Crippen LogP contribution in [0.25, 0.3) is 0 Å². The quantitative estimate of drug-likeness (QED) is 0.0923. The molecule has 0 radical (unpaired) electrons. The first-order chi connectivity index (χ1) is 17.8. The monoisotopic (exact) mass is 587 g/mol. The smallest absolute Gasteiger partial charge is 0.549 e. The SMILES string of the molecule is CO[Si](CCCNCC(=O)NCCCNc1ccc(N=Nc2n(C)cc[n+]2C)cc1)(OC)OC.O=[Si]=O.[Cl-]. The van der Waals surface area contributed by atoms with Gasteiger partial charge in [-0.15, -0.1) is 0 Å². The third-order valence-corrected chi connectivity index (χ3v) is 8.16. The summed E-state index contributed by atoms with van der Waals surface area (Å²) < 4.78 is 36.8. The van der Waals surface area contributed by atoms with Crippen LogP contribution in [-0.4, -0.2) is 76.1 Å². The number of hydrogen-bond donors (Lipinski definition) is 3. The summed E-state index contributed by atoms with van der Waals surface area (Å²) in [5.41, 5.74) is 1.78. The van der Waals surface area contributed by atoms with Gasteiger partial charge in [0.15, 0.2) is 0 Å². The first kappa shape index (κ1) is 35.5. The largest absolute Gasteiger partial charge is 1.00 e. The third kappa shape index (κ3) is 13.3. The van der Waals surface area contributed by atoms with Crippen LogP contribution in [0.2, 0.25) is 6.04 Å². The average molecular weight is 588 g/mol. The Labute approximate surface area is 233 Å². The fraction of sp³-hybridized carbons (Fsp3) is 0.545. The van der Waals surface area contributed by atoms with E-state index in [0.717, 1.165) is 36.7 Å². The Kier molecular flexibility index (Phi) is 19.1. The summed E-state index contributed by atoms with van der Waals surface area (Å²) in [5.74, 6) is 0.751. The summed E-state index contributed by atoms with van der Waals surface area (Å²) in [6, 6.07) is 8.47. The van der Waals surface area contributed by atoms with Gasteiger partial charge in [-0.05, 0) is 43.7 Å². The second-order valence-electron chi connectivity index (χ2n) is 7.86. The van der Waals surface area contributed by atoms with Crippen molar-refractivity contribution in [2.75, 3.05) is 52.8 Å². The molecule has 2 rings (SSSR count). The zero-order valence-electron chi connectivity index (χ0n) is 22.5. The van der Waals surface area contributed by atoms with E-state index in [1.807, 2.05) is 59.9 Å². The van der Waals surface area contributed by atoms with Gasteiger partial charge < -0.3 is 41.6 Å². The Hall–Kier alpha value is -2.54. The first-order valence-electron chi connectivity index (χ1n) is 11.7. The highest BCUT2D eigenvalue weighted by molar-refractivity contribution is 6.60. The standard InChI is InChI=1S/C22H37N7O4Si.ClH.O2Si/c1-28-15-16-29(2)22(28)27-26-20-10-8-19(9-11-20)24-13-6-14-25-21(30)18-23-12-7-17-34(31-3,32-4)33-5;;1-3-2/h8-11,15-16,23H,6-7,12-14,17-18H2,1-5H3,(H,25,30);1H;. The van der Waals surface area contributed by atoms with E-state index in [9.17, 15) is 4.79 Å². The lowest BCUT2D eigenvalue weighted by Gasteiger charge is -2.24. The molecule has 3 N–H and O–H groups in total. The second-order valence-corrected chi connectivity index (χ2v) is 11.1. The van der Waals surface area contributed by atoms with Crippen LogP contribution in [0, 0.1) is 0 Å². The van der Waals surface area contributed by atoms with Gasteiger partial charge in [0.1, 0.15) is 5.69 Å². The lowest BCUT2D eigenvalue weighted by atomic mass is 10.3. The number of hydrogen-bond acceptors (Lipinski definition) is 10. The Bertz CT molecular complexity index is 973. The predicted octanol–water partition coefficient (Wildman–Crippen LogP) is -1.57. The zero-order chi connectivity index (χ0) is 27.5. The molecule has 0 atom stereocenters. The maximum Gasteiger partial charge on any atom is 0.549 e. The van der Waals surface area contributed by atoms with Gasteiger partial charge in [-0.1, -0.05) is 5.11 Å². The van der Waals surface area contributed by atoms with Gasteiger partial charge in [0.25, 0.3) is 0 Å². The summed E-state index contributed by atoms with van der Waals surface area (Å²) in [4.78, 5) is 11.9. The van der Waals surface area contributed by atoms with Crippen molar-refractivity contribution in [2.24, 2.45) is 24.3 Å². The number of aryl methyl sites for hydroxylation is 2. The summed E-state index contributed by atoms with van der Waals surface area (Å²) in [6.07, 6.45) is 5.49. The Balaban J connectivity index is 0.00000326. The number of amides is 1. The average Bonchev–Trinajstić information content (AvgIpc) is 3.23. The topological polar surface area (TPSA) is 149 Å². The van der Waals surface area contributed by atoms with E-state index >= 15 is 0 Å². The number of halogens is 1. The first-order valence-corrected chi connectivity index (χ1v) is 14.5. The van der Waals surface area contributed by atoms with Crippen molar-refractivity contribution in [1.82, 2.24) is 15.2 Å². The van der Waals surface area contributed by atoms with Crippen molar-refractivity contribution in [2.45, 2.75) is 18.9 Å². The van der Waals surface area contributed by atoms with Crippen molar-refractivity contribution in [3.8, 4) is 0 Å². The van der Waals surface area contributed by atoms with E-state index in [0.29, 0.717) is 19.1 Å². The van der Waals surface area contributed by atoms with Gasteiger partial charge in [-0.3, -0.25) is 13.7 Å². The van der Waals surface area contributed by atoms with Gasteiger partial charge in [-0.2, -0.15) is 0 Å². The van der Waals surface area contributed by atoms with Crippen molar-refractivity contribution in [3.05, 3.63) is 36.7 Å². The van der Waals surface area contributed by atoms with Crippen LogP contribution in [0.4, 0.5) is 17.3 Å². The summed E-state index contributed by atoms with van der Waals surface area (Å²) in [7, 11) is 4.71. The molecule has 1 aromatic heterocycles. The van der Waals surface area contributed by atoms with E-state index in [-0.39, 0.29) is 24.9 Å². The molecule has 16 heteroatoms. The number of rotatable bonds is 16. The fourth-order valence-corrected chi connectivity index (χ4v) is 4.99. The van der Waals surface area contributed by atoms with Gasteiger partial charge in [0, 0.05) is 51.3 Å². The maximum atomic E-state index is 11.9. The highest BCUT2D eigenvalue weighted by atomic mass is 35.5. The molecule has 38 heavy (non-hydrogen) atoms. The van der Waals surface area contributed by atoms with Crippen molar-refractivity contribution < 1.29 is 44.0 Å². The number of anilines is 1. The molecule has 0 bridgehead atoms. The van der Waals surface area contributed by atoms with Crippen LogP contribution < -0.4 is 32.9 Å². The predicted molar refractivity (Wildman–Crippen MR) is 140 cm³/mol. The Morgan fingerprint density at radius 3 is 2.21 bits per heavy atom. The molecule has 0 spiro atoms. The molecule has 13 nitrogen and oxygen atoms in total. The number of nitrogens with zero attached hydrogens (tertiary/aromatic N) is 4. The van der Waals surface area contributed by atoms with Crippen molar-refractivity contribution in [3.63, 3.8) is 0 Å². The van der Waals surface area contributed by atoms with E-state index in [1.165, 1.54) is 0 Å². The van der Waals surface area contributed by atoms with Crippen LogP contribution in [0.5, 0.6) is 0 Å². The van der Waals surface area contributed by atoms with E-state index in [2.05, 4.69) is 26.2 Å². The third-order valence-electron chi connectivity index (χ3n) is 5.33. The molecule has 0 aliphatic carbocycles. The Morgan fingerprint density at radius 1 is 1.03 bits per heavy atom. The second kappa shape index (κ2) is 20.4. The molecule has 1 heterocycles. The van der Waals surface area contributed by atoms with Gasteiger partial charge in [0.05, 0.1) is 33.0 Å². The number of carbonyl (C=O) groups excluding carboxylic acids is 1. The lowest BCUT2D eigenvalue weighted by Crippen LogP contribution is -3.00. The maximum absolute atomic E-state index is 11.9. The zero-order valence-corrected chi connectivity index (χ0v) is 25.3. The molecule has 0 fully saturated rings. The highest BCUT2D eigenvalue weighted by Crippen LogP contribution is 2.18. The lowest BCUT2D eigenvalue weighted by molar-refractivity contribution is -0.657. The summed E-state index contributed by atoms with van der Waals surface area (Å²) in [5, 5.41) is 18.0. The number of benzene rings is 1. The fourth-order valence-electron chi connectivity index (χ4n) is 3.27. The molecule has 0 saturated carbocycles. The van der Waals surface area contributed by atoms with E-state index < -0.39 is 18.1 Å². The van der Waals surface area contributed by atoms with Crippen molar-refractivity contribution >= 4 is 41.3 Å². The molecular formula is C22H38ClN7O6Si2. The minimum Gasteiger partial charge on any atom is -1.00 e. The van der Waals surface area contributed by atoms with E-state index in [4.69, 9.17) is 22.2 Å². The molecule has 0 saturated heterocycles. The van der Waals surface area contributed by atoms with E-state index in [1.54, 1.807) is 21.3 Å². The molecular weight excluding hydrogens is 550 g/mol. The summed E-state index contributed by atoms with van der Waals surface area (Å²) in [6.45, 7) is 2.34. The summed E-state index contributed by atoms with van der Waals surface area (Å²) >= 11 is 0. The van der Waals surface area contributed by atoms with Gasteiger partial charge in [-0.25, -0.2) is 9.13 Å². The minimum atomic E-state index is -2.54. The van der Waals surface area contributed by atoms with Crippen molar-refractivity contribution in [1.29, 1.82) is 0 Å². The highest BCUT2D eigenvalue weighted by Gasteiger charge is 2.36. The molecule has 1 aromatic carbocycles. The number of azo groups is 1. The number of nitrogens with one attached hydrogen (secondary N) is 3. The van der Waals surface area contributed by atoms with Gasteiger partial charge in [0.2, 0.25) is 5.91 Å². The van der Waals surface area contributed by atoms with Crippen LogP contribution in [0.15, 0.2) is 46.9 Å². The Morgan fingerprint density at radius 2 is 1.66 bits per heavy atom. The van der Waals surface area contributed by atoms with Crippen LogP contribution in [0.1, 0.15) is 12.8 Å². The van der Waals surface area contributed by atoms with Crippen LogP contribution >= 0.6 is 0 Å². The number of carbonyl (C=O) groups is 1. The molecule has 0 unspecified atom stereocenters. The molecule has 0 aliphatic rings. The van der Waals surface area contributed by atoms with Gasteiger partial charge >= 0.3 is 24.0 Å². The number of imidazole rings is 1. The normalized spacial score (nSPS) is 10.8. The van der Waals surface area contributed by atoms with Crippen LogP contribution in [0.3, 0.4) is 0 Å².